The van der Waals surface area contributed by atoms with E-state index in [1.54, 1.807) is 18.0 Å². The van der Waals surface area contributed by atoms with E-state index >= 15 is 0 Å². The fraction of sp³-hybridized carbons (Fsp3) is 0.556. The molecule has 0 N–H and O–H groups in total. The molecule has 6 heteroatoms. The van der Waals surface area contributed by atoms with Crippen molar-refractivity contribution in [2.45, 2.75) is 68.8 Å². The van der Waals surface area contributed by atoms with Gasteiger partial charge in [0.1, 0.15) is 0 Å². The Morgan fingerprint density at radius 1 is 0.879 bits per heavy atom. The molecule has 2 aromatic rings. The van der Waals surface area contributed by atoms with Gasteiger partial charge in [-0.15, -0.1) is 0 Å². The standard InChI is InChI=1S/C27H35Cl2N3S/c1-27(2)9-10-32(33-25-17-21(28)16-22(29)18-25)19-20-15-24(7-8-26(20)27)31-13-11-30(12-14-31)23-5-3-4-6-23/h7-8,15-18,23H,3-6,9-14,19H2,1-2H3. The fourth-order valence-corrected chi connectivity index (χ4v) is 7.50. The van der Waals surface area contributed by atoms with E-state index < -0.39 is 0 Å². The van der Waals surface area contributed by atoms with Gasteiger partial charge in [-0.05, 0) is 78.1 Å². The monoisotopic (exact) mass is 503 g/mol. The molecule has 1 saturated heterocycles. The summed E-state index contributed by atoms with van der Waals surface area (Å²) in [5, 5.41) is 1.39. The van der Waals surface area contributed by atoms with Crippen LogP contribution in [0.3, 0.4) is 0 Å². The molecule has 2 aliphatic heterocycles. The van der Waals surface area contributed by atoms with Crippen LogP contribution in [0.4, 0.5) is 5.69 Å². The van der Waals surface area contributed by atoms with Gasteiger partial charge < -0.3 is 4.90 Å². The highest BCUT2D eigenvalue weighted by Gasteiger charge is 2.31. The average molecular weight is 505 g/mol. The summed E-state index contributed by atoms with van der Waals surface area (Å²) in [5.41, 5.74) is 4.49. The van der Waals surface area contributed by atoms with Crippen LogP contribution in [-0.2, 0) is 12.0 Å². The van der Waals surface area contributed by atoms with Crippen LogP contribution < -0.4 is 4.90 Å². The molecule has 0 unspecified atom stereocenters. The van der Waals surface area contributed by atoms with Gasteiger partial charge >= 0.3 is 0 Å². The molecule has 178 valence electrons. The van der Waals surface area contributed by atoms with Crippen molar-refractivity contribution < 1.29 is 0 Å². The first kappa shape index (κ1) is 23.8. The van der Waals surface area contributed by atoms with Gasteiger partial charge in [-0.25, -0.2) is 4.31 Å². The fourth-order valence-electron chi connectivity index (χ4n) is 5.80. The smallest absolute Gasteiger partial charge is 0.0432 e. The van der Waals surface area contributed by atoms with Gasteiger partial charge in [-0.2, -0.15) is 0 Å². The first-order chi connectivity index (χ1) is 15.9. The summed E-state index contributed by atoms with van der Waals surface area (Å²) in [4.78, 5) is 6.44. The van der Waals surface area contributed by atoms with Crippen molar-refractivity contribution in [3.8, 4) is 0 Å². The molecule has 2 aromatic carbocycles. The summed E-state index contributed by atoms with van der Waals surface area (Å²) in [6.45, 7) is 11.4. The van der Waals surface area contributed by atoms with Crippen molar-refractivity contribution in [2.75, 3.05) is 37.6 Å². The van der Waals surface area contributed by atoms with Crippen LogP contribution in [0.25, 0.3) is 0 Å². The van der Waals surface area contributed by atoms with E-state index in [2.05, 4.69) is 46.2 Å². The third kappa shape index (κ3) is 5.51. The summed E-state index contributed by atoms with van der Waals surface area (Å²) in [5.74, 6) is 0. The first-order valence-electron chi connectivity index (χ1n) is 12.4. The average Bonchev–Trinajstić information content (AvgIpc) is 3.28. The van der Waals surface area contributed by atoms with Crippen LogP contribution in [0.5, 0.6) is 0 Å². The molecule has 2 fully saturated rings. The third-order valence-electron chi connectivity index (χ3n) is 7.74. The number of benzene rings is 2. The zero-order chi connectivity index (χ0) is 23.0. The molecule has 0 atom stereocenters. The number of halogens is 2. The van der Waals surface area contributed by atoms with E-state index in [1.165, 1.54) is 55.6 Å². The topological polar surface area (TPSA) is 9.72 Å². The third-order valence-corrected chi connectivity index (χ3v) is 9.19. The minimum atomic E-state index is 0.163. The van der Waals surface area contributed by atoms with Crippen LogP contribution in [-0.4, -0.2) is 48.0 Å². The summed E-state index contributed by atoms with van der Waals surface area (Å²) < 4.78 is 2.47. The molecule has 1 aliphatic carbocycles. The normalized spacial score (nSPS) is 22.4. The van der Waals surface area contributed by atoms with E-state index in [0.717, 1.165) is 43.5 Å². The maximum Gasteiger partial charge on any atom is 0.0432 e. The minimum absolute atomic E-state index is 0.163. The number of anilines is 1. The van der Waals surface area contributed by atoms with Crippen LogP contribution in [0.1, 0.15) is 57.1 Å². The van der Waals surface area contributed by atoms with Crippen LogP contribution >= 0.6 is 35.1 Å². The molecule has 0 radical (unpaired) electrons. The Morgan fingerprint density at radius 3 is 2.27 bits per heavy atom. The van der Waals surface area contributed by atoms with Crippen molar-refractivity contribution >= 4 is 40.8 Å². The molecular formula is C27H35Cl2N3S. The highest BCUT2D eigenvalue weighted by atomic mass is 35.5. The molecule has 5 rings (SSSR count). The van der Waals surface area contributed by atoms with Gasteiger partial charge in [0, 0.05) is 65.9 Å². The van der Waals surface area contributed by atoms with Gasteiger partial charge in [0.25, 0.3) is 0 Å². The van der Waals surface area contributed by atoms with Crippen molar-refractivity contribution in [1.29, 1.82) is 0 Å². The molecule has 0 amide bonds. The second kappa shape index (κ2) is 9.99. The van der Waals surface area contributed by atoms with Crippen LogP contribution in [0, 0.1) is 0 Å². The Labute approximate surface area is 213 Å². The predicted molar refractivity (Wildman–Crippen MR) is 143 cm³/mol. The Bertz CT molecular complexity index is 961. The highest BCUT2D eigenvalue weighted by molar-refractivity contribution is 7.97. The van der Waals surface area contributed by atoms with E-state index in [4.69, 9.17) is 23.2 Å². The highest BCUT2D eigenvalue weighted by Crippen LogP contribution is 2.39. The van der Waals surface area contributed by atoms with E-state index in [9.17, 15) is 0 Å². The van der Waals surface area contributed by atoms with Crippen molar-refractivity contribution in [2.24, 2.45) is 0 Å². The number of rotatable bonds is 4. The lowest BCUT2D eigenvalue weighted by atomic mass is 9.80. The number of piperazine rings is 1. The van der Waals surface area contributed by atoms with Gasteiger partial charge in [0.05, 0.1) is 0 Å². The Kier molecular flexibility index (Phi) is 7.21. The number of hydrogen-bond acceptors (Lipinski definition) is 4. The van der Waals surface area contributed by atoms with Gasteiger partial charge in [-0.1, -0.05) is 56.0 Å². The SMILES string of the molecule is CC1(C)CCN(Sc2cc(Cl)cc(Cl)c2)Cc2cc(N3CCN(C4CCCC4)CC3)ccc21. The molecule has 0 bridgehead atoms. The van der Waals surface area contributed by atoms with E-state index in [0.29, 0.717) is 10.0 Å². The second-order valence-corrected chi connectivity index (χ2v) is 12.5. The molecule has 3 aliphatic rings. The Morgan fingerprint density at radius 2 is 1.58 bits per heavy atom. The molecule has 0 aromatic heterocycles. The van der Waals surface area contributed by atoms with E-state index in [-0.39, 0.29) is 5.41 Å². The summed E-state index contributed by atoms with van der Waals surface area (Å²) in [7, 11) is 0. The predicted octanol–water partition coefficient (Wildman–Crippen LogP) is 7.25. The van der Waals surface area contributed by atoms with Crippen molar-refractivity contribution in [3.63, 3.8) is 0 Å². The summed E-state index contributed by atoms with van der Waals surface area (Å²) in [6.07, 6.45) is 6.77. The van der Waals surface area contributed by atoms with Gasteiger partial charge in [-0.3, -0.25) is 4.90 Å². The van der Waals surface area contributed by atoms with Crippen molar-refractivity contribution in [1.82, 2.24) is 9.21 Å². The lowest BCUT2D eigenvalue weighted by Crippen LogP contribution is -2.49. The van der Waals surface area contributed by atoms with Gasteiger partial charge in [0.15, 0.2) is 0 Å². The first-order valence-corrected chi connectivity index (χ1v) is 13.9. The quantitative estimate of drug-likeness (QED) is 0.406. The largest absolute Gasteiger partial charge is 0.369 e. The number of hydrogen-bond donors (Lipinski definition) is 0. The maximum atomic E-state index is 6.26. The van der Waals surface area contributed by atoms with Crippen molar-refractivity contribution in [3.05, 3.63) is 57.6 Å². The summed E-state index contributed by atoms with van der Waals surface area (Å²) >= 11 is 14.3. The van der Waals surface area contributed by atoms with E-state index in [1.807, 2.05) is 12.1 Å². The van der Waals surface area contributed by atoms with Crippen LogP contribution in [0.2, 0.25) is 10.0 Å². The second-order valence-electron chi connectivity index (χ2n) is 10.5. The molecule has 3 nitrogen and oxygen atoms in total. The summed E-state index contributed by atoms with van der Waals surface area (Å²) in [6, 6.07) is 13.9. The lowest BCUT2D eigenvalue weighted by Gasteiger charge is -2.39. The minimum Gasteiger partial charge on any atom is -0.369 e. The molecular weight excluding hydrogens is 469 g/mol. The molecule has 33 heavy (non-hydrogen) atoms. The number of nitrogens with zero attached hydrogens (tertiary/aromatic N) is 3. The zero-order valence-electron chi connectivity index (χ0n) is 19.8. The Hall–Kier alpha value is -0.910. The Balaban J connectivity index is 1.32. The maximum absolute atomic E-state index is 6.26. The molecule has 0 spiro atoms. The lowest BCUT2D eigenvalue weighted by molar-refractivity contribution is 0.187. The van der Waals surface area contributed by atoms with Gasteiger partial charge in [0.2, 0.25) is 0 Å². The number of fused-ring (bicyclic) bond motifs is 1. The molecule has 2 heterocycles. The zero-order valence-corrected chi connectivity index (χ0v) is 22.2. The van der Waals surface area contributed by atoms with Crippen LogP contribution in [0.15, 0.2) is 41.3 Å². The molecule has 1 saturated carbocycles.